The van der Waals surface area contributed by atoms with E-state index in [1.807, 2.05) is 0 Å². The van der Waals surface area contributed by atoms with Gasteiger partial charge in [-0.05, 0) is 43.2 Å². The Kier molecular flexibility index (Phi) is 6.34. The molecule has 0 bridgehead atoms. The second-order valence-corrected chi connectivity index (χ2v) is 8.18. The maximum Gasteiger partial charge on any atom is 0.338 e. The minimum atomic E-state index is -1.30. The highest BCUT2D eigenvalue weighted by molar-refractivity contribution is 6.30. The third-order valence-corrected chi connectivity index (χ3v) is 6.09. The normalized spacial score (nSPS) is 22.4. The van der Waals surface area contributed by atoms with Crippen molar-refractivity contribution >= 4 is 35.5 Å². The summed E-state index contributed by atoms with van der Waals surface area (Å²) in [4.78, 5) is 52.7. The van der Waals surface area contributed by atoms with Crippen LogP contribution in [0.2, 0.25) is 5.02 Å². The quantitative estimate of drug-likeness (QED) is 0.407. The first-order chi connectivity index (χ1) is 16.3. The van der Waals surface area contributed by atoms with Crippen molar-refractivity contribution in [1.29, 1.82) is 0 Å². The molecule has 0 aliphatic carbocycles. The van der Waals surface area contributed by atoms with Crippen LogP contribution in [0.3, 0.4) is 0 Å². The molecule has 34 heavy (non-hydrogen) atoms. The predicted octanol–water partition coefficient (Wildman–Crippen LogP) is 2.96. The Morgan fingerprint density at radius 3 is 2.53 bits per heavy atom. The van der Waals surface area contributed by atoms with Crippen LogP contribution in [0.5, 0.6) is 0 Å². The van der Waals surface area contributed by atoms with Gasteiger partial charge in [-0.15, -0.1) is 0 Å². The number of urea groups is 2. The van der Waals surface area contributed by atoms with Crippen LogP contribution >= 0.6 is 11.6 Å². The molecule has 2 atom stereocenters. The molecule has 2 aromatic rings. The van der Waals surface area contributed by atoms with Crippen LogP contribution in [0.15, 0.2) is 58.3 Å². The maximum absolute atomic E-state index is 13.5. The molecule has 2 aliphatic rings. The van der Waals surface area contributed by atoms with Crippen LogP contribution in [0.4, 0.5) is 9.59 Å². The van der Waals surface area contributed by atoms with Gasteiger partial charge in [0.15, 0.2) is 0 Å². The van der Waals surface area contributed by atoms with E-state index in [2.05, 4.69) is 16.0 Å². The third-order valence-electron chi connectivity index (χ3n) is 5.84. The topological polar surface area (TPSA) is 130 Å². The Morgan fingerprint density at radius 2 is 1.91 bits per heavy atom. The zero-order valence-corrected chi connectivity index (χ0v) is 19.3. The molecule has 5 amide bonds. The smallest absolute Gasteiger partial charge is 0.338 e. The molecule has 3 N–H and O–H groups in total. The van der Waals surface area contributed by atoms with E-state index in [4.69, 9.17) is 20.8 Å². The average molecular weight is 487 g/mol. The molecule has 3 heterocycles. The molecule has 0 spiro atoms. The summed E-state index contributed by atoms with van der Waals surface area (Å²) in [6.45, 7) is 3.17. The summed E-state index contributed by atoms with van der Waals surface area (Å²) in [6.07, 6.45) is 1.69. The van der Waals surface area contributed by atoms with Crippen molar-refractivity contribution in [3.05, 3.63) is 70.3 Å². The van der Waals surface area contributed by atoms with Gasteiger partial charge >= 0.3 is 18.0 Å². The molecular formula is C23H23ClN4O6. The number of carbonyl (C=O) groups excluding carboxylic acids is 4. The minimum Gasteiger partial charge on any atom is -0.467 e. The number of rotatable bonds is 7. The highest BCUT2D eigenvalue weighted by Crippen LogP contribution is 2.35. The summed E-state index contributed by atoms with van der Waals surface area (Å²) < 4.78 is 10.6. The van der Waals surface area contributed by atoms with Gasteiger partial charge in [0.05, 0.1) is 30.7 Å². The minimum absolute atomic E-state index is 0.0393. The van der Waals surface area contributed by atoms with Crippen molar-refractivity contribution in [2.75, 3.05) is 13.2 Å². The average Bonchev–Trinajstić information content (AvgIpc) is 3.43. The van der Waals surface area contributed by atoms with E-state index in [1.165, 1.54) is 6.26 Å². The van der Waals surface area contributed by atoms with Gasteiger partial charge < -0.3 is 25.1 Å². The molecule has 0 radical (unpaired) electrons. The van der Waals surface area contributed by atoms with E-state index in [0.717, 1.165) is 4.90 Å². The lowest BCUT2D eigenvalue weighted by molar-refractivity contribution is -0.139. The van der Waals surface area contributed by atoms with Crippen molar-refractivity contribution in [3.8, 4) is 0 Å². The Labute approximate surface area is 200 Å². The fraction of sp³-hybridized carbons (Fsp3) is 0.304. The zero-order chi connectivity index (χ0) is 24.5. The van der Waals surface area contributed by atoms with Crippen LogP contribution in [-0.2, 0) is 19.9 Å². The summed E-state index contributed by atoms with van der Waals surface area (Å²) in [5.74, 6) is -0.921. The first-order valence-corrected chi connectivity index (χ1v) is 11.1. The lowest BCUT2D eigenvalue weighted by atomic mass is 9.87. The Morgan fingerprint density at radius 1 is 1.18 bits per heavy atom. The fourth-order valence-electron chi connectivity index (χ4n) is 4.16. The lowest BCUT2D eigenvalue weighted by Crippen LogP contribution is -2.49. The summed E-state index contributed by atoms with van der Waals surface area (Å²) in [6, 6.07) is 7.62. The van der Waals surface area contributed by atoms with Crippen LogP contribution in [0.1, 0.15) is 37.6 Å². The van der Waals surface area contributed by atoms with E-state index in [0.29, 0.717) is 16.3 Å². The highest BCUT2D eigenvalue weighted by atomic mass is 35.5. The number of carbonyl (C=O) groups is 4. The molecule has 4 rings (SSSR count). The highest BCUT2D eigenvalue weighted by Gasteiger charge is 2.52. The molecule has 1 saturated heterocycles. The first kappa shape index (κ1) is 23.4. The van der Waals surface area contributed by atoms with Gasteiger partial charge in [0, 0.05) is 5.02 Å². The molecule has 2 aliphatic heterocycles. The Balaban J connectivity index is 1.73. The number of nitrogens with one attached hydrogen (secondary N) is 3. The summed E-state index contributed by atoms with van der Waals surface area (Å²) in [7, 11) is 0. The van der Waals surface area contributed by atoms with Crippen LogP contribution in [0.25, 0.3) is 0 Å². The van der Waals surface area contributed by atoms with Crippen molar-refractivity contribution in [3.63, 3.8) is 0 Å². The van der Waals surface area contributed by atoms with Gasteiger partial charge in [0.2, 0.25) is 0 Å². The molecule has 2 unspecified atom stereocenters. The van der Waals surface area contributed by atoms with E-state index in [-0.39, 0.29) is 30.8 Å². The van der Waals surface area contributed by atoms with Gasteiger partial charge in [-0.2, -0.15) is 0 Å². The number of hydrogen-bond acceptors (Lipinski definition) is 6. The molecule has 0 saturated carbocycles. The second-order valence-electron chi connectivity index (χ2n) is 7.75. The Hall–Kier alpha value is -3.79. The van der Waals surface area contributed by atoms with Gasteiger partial charge in [0.1, 0.15) is 17.3 Å². The van der Waals surface area contributed by atoms with Crippen LogP contribution in [0, 0.1) is 0 Å². The van der Waals surface area contributed by atoms with E-state index < -0.39 is 35.5 Å². The number of hydrogen-bond donors (Lipinski definition) is 3. The number of furan rings is 1. The standard InChI is InChI=1S/C23H23ClN4O6/c1-3-23(13-7-9-14(24)10-8-13)20(30)28(22(32)27-23)12-15-17(19(29)33-4-2)18(26-21(31)25-15)16-6-5-11-34-16/h5-11,18H,3-4,12H2,1-2H3,(H,27,32)(H2,25,26,31). The SMILES string of the molecule is CCOC(=O)C1=C(CN2C(=O)NC(CC)(c3ccc(Cl)cc3)C2=O)NC(=O)NC1c1ccco1. The fourth-order valence-corrected chi connectivity index (χ4v) is 4.29. The molecule has 10 nitrogen and oxygen atoms in total. The monoisotopic (exact) mass is 486 g/mol. The van der Waals surface area contributed by atoms with E-state index in [1.54, 1.807) is 50.2 Å². The lowest BCUT2D eigenvalue weighted by Gasteiger charge is -2.30. The Bertz CT molecular complexity index is 1160. The first-order valence-electron chi connectivity index (χ1n) is 10.7. The molecular weight excluding hydrogens is 464 g/mol. The third kappa shape index (κ3) is 4.01. The second kappa shape index (κ2) is 9.22. The zero-order valence-electron chi connectivity index (χ0n) is 18.5. The number of benzene rings is 1. The van der Waals surface area contributed by atoms with Gasteiger partial charge in [-0.3, -0.25) is 9.69 Å². The van der Waals surface area contributed by atoms with Crippen LogP contribution < -0.4 is 16.0 Å². The number of ether oxygens (including phenoxy) is 1. The molecule has 11 heteroatoms. The summed E-state index contributed by atoms with van der Waals surface area (Å²) in [5.41, 5.74) is -0.626. The number of amides is 5. The largest absolute Gasteiger partial charge is 0.467 e. The molecule has 178 valence electrons. The summed E-state index contributed by atoms with van der Waals surface area (Å²) >= 11 is 5.98. The summed E-state index contributed by atoms with van der Waals surface area (Å²) in [5, 5.41) is 8.44. The number of halogens is 1. The van der Waals surface area contributed by atoms with Gasteiger partial charge in [0.25, 0.3) is 5.91 Å². The number of imide groups is 1. The van der Waals surface area contributed by atoms with E-state index in [9.17, 15) is 19.2 Å². The van der Waals surface area contributed by atoms with Crippen molar-refractivity contribution in [1.82, 2.24) is 20.9 Å². The van der Waals surface area contributed by atoms with Crippen molar-refractivity contribution < 1.29 is 28.3 Å². The molecule has 1 fully saturated rings. The van der Waals surface area contributed by atoms with Crippen LogP contribution in [-0.4, -0.2) is 42.0 Å². The van der Waals surface area contributed by atoms with Gasteiger partial charge in [-0.25, -0.2) is 14.4 Å². The molecule has 1 aromatic carbocycles. The maximum atomic E-state index is 13.5. The van der Waals surface area contributed by atoms with Gasteiger partial charge in [-0.1, -0.05) is 30.7 Å². The van der Waals surface area contributed by atoms with Crippen molar-refractivity contribution in [2.24, 2.45) is 0 Å². The molecule has 1 aromatic heterocycles. The van der Waals surface area contributed by atoms with Crippen molar-refractivity contribution in [2.45, 2.75) is 31.8 Å². The predicted molar refractivity (Wildman–Crippen MR) is 120 cm³/mol. The number of nitrogens with zero attached hydrogens (tertiary/aromatic N) is 1. The number of esters is 1. The van der Waals surface area contributed by atoms with E-state index >= 15 is 0 Å².